The molecule has 0 rings (SSSR count). The number of hydrogen-bond acceptors (Lipinski definition) is 7. The lowest BCUT2D eigenvalue weighted by Gasteiger charge is -2.47. The van der Waals surface area contributed by atoms with Crippen molar-refractivity contribution in [1.82, 2.24) is 0 Å². The maximum atomic E-state index is 15.6. The summed E-state index contributed by atoms with van der Waals surface area (Å²) in [5, 5.41) is 11.5. The van der Waals surface area contributed by atoms with Crippen molar-refractivity contribution in [2.75, 3.05) is 6.54 Å². The fraction of sp³-hybridized carbons (Fsp3) is 0.936. The van der Waals surface area contributed by atoms with Crippen molar-refractivity contribution >= 4 is 29.1 Å². The number of nitrogens with two attached hydrogens (primary N) is 2. The first-order chi connectivity index (χ1) is 42.1. The second kappa shape index (κ2) is 63.2. The quantitative estimate of drug-likeness (QED) is 0.0401. The van der Waals surface area contributed by atoms with Gasteiger partial charge in [0, 0.05) is 31.6 Å². The molecule has 0 aromatic heterocycles. The van der Waals surface area contributed by atoms with E-state index < -0.39 is 40.2 Å². The molecule has 0 aliphatic rings. The highest BCUT2D eigenvalue weighted by Gasteiger charge is 2.70. The molecular formula is C78H150N2O6. The predicted octanol–water partition coefficient (Wildman–Crippen LogP) is 24.0. The van der Waals surface area contributed by atoms with E-state index in [0.29, 0.717) is 25.7 Å². The number of aliphatic carboxylic acids is 1. The van der Waals surface area contributed by atoms with E-state index in [1.165, 1.54) is 263 Å². The molecule has 0 aromatic rings. The van der Waals surface area contributed by atoms with Crippen molar-refractivity contribution in [3.05, 3.63) is 0 Å². The lowest BCUT2D eigenvalue weighted by atomic mass is 9.52. The molecular weight excluding hydrogens is 1060 g/mol. The Labute approximate surface area is 535 Å². The minimum absolute atomic E-state index is 0.0293. The molecule has 86 heavy (non-hydrogen) atoms. The molecule has 0 fully saturated rings. The van der Waals surface area contributed by atoms with Gasteiger partial charge in [-0.05, 0) is 38.6 Å². The average Bonchev–Trinajstić information content (AvgIpc) is 0.734. The Morgan fingerprint density at radius 1 is 0.279 bits per heavy atom. The number of unbranched alkanes of at least 4 members (excludes halogenated alkanes) is 56. The standard InChI is InChI=1S/C78H150N2O6/c1-5-9-13-17-21-25-29-33-37-41-45-49-53-57-61-65-72(81)71(69-70-79)77(73(82)66-62-58-54-50-46-42-38-34-30-26-22-18-14-10-6-2,74(83)67-63-59-55-51-47-43-39-35-31-27-23-19-15-11-7-3)78(80,76(85)86)75(84)68-64-60-56-52-48-44-40-36-32-28-24-20-16-12-8-4/h71H,5-70,79-80H2,1-4H3,(H,85,86). The minimum atomic E-state index is -2.88. The third kappa shape index (κ3) is 42.9. The number of hydrogen-bond donors (Lipinski definition) is 3. The lowest BCUT2D eigenvalue weighted by Crippen LogP contribution is -2.74. The molecule has 0 saturated heterocycles. The maximum absolute atomic E-state index is 15.6. The Bertz CT molecular complexity index is 1490. The summed E-state index contributed by atoms with van der Waals surface area (Å²) in [7, 11) is 0. The van der Waals surface area contributed by atoms with E-state index in [1.54, 1.807) is 0 Å². The van der Waals surface area contributed by atoms with Gasteiger partial charge >= 0.3 is 5.97 Å². The number of ketones is 4. The van der Waals surface area contributed by atoms with E-state index in [1.807, 2.05) is 0 Å². The number of carbonyl (C=O) groups is 5. The Kier molecular flexibility index (Phi) is 61.8. The molecule has 0 amide bonds. The van der Waals surface area contributed by atoms with Crippen LogP contribution in [0.25, 0.3) is 0 Å². The summed E-state index contributed by atoms with van der Waals surface area (Å²) in [5.41, 5.74) is 8.17. The molecule has 8 nitrogen and oxygen atoms in total. The van der Waals surface area contributed by atoms with Crippen molar-refractivity contribution < 1.29 is 29.1 Å². The van der Waals surface area contributed by atoms with Crippen LogP contribution < -0.4 is 11.5 Å². The Balaban J connectivity index is 6.32. The number of carbonyl (C=O) groups excluding carboxylic acids is 4. The molecule has 0 radical (unpaired) electrons. The van der Waals surface area contributed by atoms with E-state index in [0.717, 1.165) is 96.3 Å². The zero-order valence-electron chi connectivity index (χ0n) is 58.4. The van der Waals surface area contributed by atoms with Gasteiger partial charge in [0.25, 0.3) is 0 Å². The van der Waals surface area contributed by atoms with Crippen molar-refractivity contribution in [1.29, 1.82) is 0 Å². The summed E-state index contributed by atoms with van der Waals surface area (Å²) in [6.45, 7) is 9.02. The van der Waals surface area contributed by atoms with Crippen LogP contribution in [0.1, 0.15) is 445 Å². The topological polar surface area (TPSA) is 158 Å². The minimum Gasteiger partial charge on any atom is -0.479 e. The highest BCUT2D eigenvalue weighted by Crippen LogP contribution is 2.47. The molecule has 2 atom stereocenters. The first-order valence-electron chi connectivity index (χ1n) is 38.9. The smallest absolute Gasteiger partial charge is 0.333 e. The molecule has 0 aromatic carbocycles. The predicted molar refractivity (Wildman–Crippen MR) is 372 cm³/mol. The lowest BCUT2D eigenvalue weighted by molar-refractivity contribution is -0.171. The molecule has 0 heterocycles. The van der Waals surface area contributed by atoms with Crippen LogP contribution in [-0.4, -0.2) is 46.3 Å². The van der Waals surface area contributed by atoms with Gasteiger partial charge in [0.2, 0.25) is 0 Å². The van der Waals surface area contributed by atoms with Crippen LogP contribution >= 0.6 is 0 Å². The third-order valence-electron chi connectivity index (χ3n) is 19.7. The fourth-order valence-corrected chi connectivity index (χ4v) is 14.0. The van der Waals surface area contributed by atoms with Crippen LogP contribution in [0.5, 0.6) is 0 Å². The monoisotopic (exact) mass is 1210 g/mol. The van der Waals surface area contributed by atoms with Gasteiger partial charge in [-0.2, -0.15) is 0 Å². The molecule has 0 aliphatic heterocycles. The second-order valence-corrected chi connectivity index (χ2v) is 27.6. The van der Waals surface area contributed by atoms with Crippen LogP contribution in [0.4, 0.5) is 0 Å². The molecule has 0 saturated carbocycles. The van der Waals surface area contributed by atoms with Gasteiger partial charge < -0.3 is 16.6 Å². The van der Waals surface area contributed by atoms with Crippen molar-refractivity contribution in [3.63, 3.8) is 0 Å². The summed E-state index contributed by atoms with van der Waals surface area (Å²) in [4.78, 5) is 75.4. The van der Waals surface area contributed by atoms with E-state index in [-0.39, 0.29) is 44.4 Å². The van der Waals surface area contributed by atoms with Gasteiger partial charge in [-0.1, -0.05) is 387 Å². The van der Waals surface area contributed by atoms with Crippen LogP contribution in [0.2, 0.25) is 0 Å². The number of rotatable bonds is 73. The summed E-state index contributed by atoms with van der Waals surface area (Å²) < 4.78 is 0. The van der Waals surface area contributed by atoms with E-state index in [9.17, 15) is 9.90 Å². The first-order valence-corrected chi connectivity index (χ1v) is 38.9. The van der Waals surface area contributed by atoms with Crippen LogP contribution in [0, 0.1) is 11.3 Å². The van der Waals surface area contributed by atoms with Gasteiger partial charge in [0.05, 0.1) is 0 Å². The molecule has 0 bridgehead atoms. The molecule has 508 valence electrons. The van der Waals surface area contributed by atoms with Gasteiger partial charge in [-0.15, -0.1) is 0 Å². The number of carboxylic acids is 1. The number of Topliss-reactive ketones (excluding diaryl/α,β-unsaturated/α-hetero) is 4. The summed E-state index contributed by atoms with van der Waals surface area (Å²) in [6, 6.07) is 0. The molecule has 0 aliphatic carbocycles. The zero-order chi connectivity index (χ0) is 63.1. The van der Waals surface area contributed by atoms with Crippen LogP contribution in [0.15, 0.2) is 0 Å². The van der Waals surface area contributed by atoms with Crippen LogP contribution in [0.3, 0.4) is 0 Å². The summed E-state index contributed by atoms with van der Waals surface area (Å²) in [5.74, 6) is -5.43. The summed E-state index contributed by atoms with van der Waals surface area (Å²) >= 11 is 0. The normalized spacial score (nSPS) is 12.9. The SMILES string of the molecule is CCCCCCCCCCCCCCCCCC(=O)C(CCN)C(C(=O)CCCCCCCCCCCCCCCCC)(C(=O)CCCCCCCCCCCCCCCCC)C(N)(C(=O)O)C(=O)CCCCCCCCCCCCCCCCC. The van der Waals surface area contributed by atoms with Gasteiger partial charge in [0.1, 0.15) is 22.8 Å². The van der Waals surface area contributed by atoms with E-state index in [2.05, 4.69) is 27.7 Å². The largest absolute Gasteiger partial charge is 0.479 e. The molecule has 0 spiro atoms. The number of carboxylic acid groups (broad SMARTS) is 1. The first kappa shape index (κ1) is 84.1. The average molecular weight is 1210 g/mol. The van der Waals surface area contributed by atoms with Gasteiger partial charge in [-0.25, -0.2) is 4.79 Å². The molecule has 8 heteroatoms. The maximum Gasteiger partial charge on any atom is 0.333 e. The van der Waals surface area contributed by atoms with Crippen molar-refractivity contribution in [2.24, 2.45) is 22.8 Å². The fourth-order valence-electron chi connectivity index (χ4n) is 14.0. The third-order valence-corrected chi connectivity index (χ3v) is 19.7. The summed E-state index contributed by atoms with van der Waals surface area (Å²) in [6.07, 6.45) is 69.5. The Morgan fingerprint density at radius 2 is 0.453 bits per heavy atom. The van der Waals surface area contributed by atoms with Gasteiger partial charge in [-0.3, -0.25) is 19.2 Å². The Morgan fingerprint density at radius 3 is 0.640 bits per heavy atom. The van der Waals surface area contributed by atoms with Crippen molar-refractivity contribution in [3.8, 4) is 0 Å². The van der Waals surface area contributed by atoms with Crippen molar-refractivity contribution in [2.45, 2.75) is 451 Å². The molecule has 5 N–H and O–H groups in total. The molecule has 2 unspecified atom stereocenters. The Hall–Kier alpha value is -1.93. The highest BCUT2D eigenvalue weighted by molar-refractivity contribution is 6.23. The van der Waals surface area contributed by atoms with E-state index in [4.69, 9.17) is 11.5 Å². The second-order valence-electron chi connectivity index (χ2n) is 27.6. The zero-order valence-corrected chi connectivity index (χ0v) is 58.4. The van der Waals surface area contributed by atoms with Gasteiger partial charge in [0.15, 0.2) is 11.3 Å². The van der Waals surface area contributed by atoms with E-state index >= 15 is 19.2 Å². The van der Waals surface area contributed by atoms with Crippen LogP contribution in [-0.2, 0) is 24.0 Å². The highest BCUT2D eigenvalue weighted by atomic mass is 16.4.